The van der Waals surface area contributed by atoms with Gasteiger partial charge >= 0.3 is 18.1 Å². The first-order chi connectivity index (χ1) is 39.2. The molecule has 17 heteroatoms. The Morgan fingerprint density at radius 2 is 0.825 bits per heavy atom. The largest absolute Gasteiger partial charge is 0.338 e. The van der Waals surface area contributed by atoms with E-state index in [2.05, 4.69) is 89.0 Å². The Kier molecular flexibility index (Phi) is 40.9. The number of aromatic nitrogens is 4. The van der Waals surface area contributed by atoms with Crippen molar-refractivity contribution in [3.8, 4) is 0 Å². The minimum Gasteiger partial charge on any atom is -0.338 e. The number of hydrogen-bond acceptors (Lipinski definition) is 9. The van der Waals surface area contributed by atoms with E-state index in [1.165, 1.54) is 192 Å². The Labute approximate surface area is 482 Å². The van der Waals surface area contributed by atoms with Crippen LogP contribution in [0.3, 0.4) is 0 Å². The molecule has 1 atom stereocenters. The Morgan fingerprint density at radius 3 is 1.26 bits per heavy atom. The molecule has 6 amide bonds. The van der Waals surface area contributed by atoms with Crippen LogP contribution >= 0.6 is 0 Å². The van der Waals surface area contributed by atoms with Gasteiger partial charge in [0, 0.05) is 48.9 Å². The van der Waals surface area contributed by atoms with Gasteiger partial charge in [-0.05, 0) is 76.2 Å². The lowest BCUT2D eigenvalue weighted by Crippen LogP contribution is -2.47. The summed E-state index contributed by atoms with van der Waals surface area (Å²) < 4.78 is 0. The van der Waals surface area contributed by atoms with Gasteiger partial charge in [0.1, 0.15) is 0 Å². The molecule has 17 nitrogen and oxygen atoms in total. The summed E-state index contributed by atoms with van der Waals surface area (Å²) in [5, 5.41) is 20.4. The first kappa shape index (κ1) is 69.1. The highest BCUT2D eigenvalue weighted by atomic mass is 16.2. The van der Waals surface area contributed by atoms with Crippen molar-refractivity contribution < 1.29 is 14.4 Å². The number of hydrogen-bond donors (Lipinski definition) is 9. The van der Waals surface area contributed by atoms with Gasteiger partial charge in [0.05, 0.1) is 6.54 Å². The smallest absolute Gasteiger partial charge is 0.321 e. The van der Waals surface area contributed by atoms with Gasteiger partial charge < -0.3 is 21.3 Å². The topological polar surface area (TPSA) is 239 Å². The van der Waals surface area contributed by atoms with Crippen LogP contribution in [-0.2, 0) is 12.8 Å². The lowest BCUT2D eigenvalue weighted by molar-refractivity contribution is 0.241. The SMILES string of the molecule is CCCCCCCCCCCCCC1=CCN=C(NC(=O)NCC(CCCCNC(=O)Nc2nc(CCCCCCCCCCCCC)cc(=O)[nH]2)CCCNC(=O)Nc2nc(CCCCCCCCCCCCC)cc(=O)[nH]2)N1. The van der Waals surface area contributed by atoms with Crippen molar-refractivity contribution in [3.63, 3.8) is 0 Å². The Balaban J connectivity index is 1.41. The number of aromatic amines is 2. The third-order valence-electron chi connectivity index (χ3n) is 15.2. The van der Waals surface area contributed by atoms with Crippen LogP contribution in [0, 0.1) is 5.92 Å². The highest BCUT2D eigenvalue weighted by Gasteiger charge is 2.16. The van der Waals surface area contributed by atoms with Crippen LogP contribution in [0.25, 0.3) is 0 Å². The molecule has 3 rings (SSSR count). The van der Waals surface area contributed by atoms with Crippen LogP contribution in [0.5, 0.6) is 0 Å². The minimum atomic E-state index is -0.452. The van der Waals surface area contributed by atoms with Crippen molar-refractivity contribution in [1.29, 1.82) is 0 Å². The average molecular weight is 1120 g/mol. The molecule has 0 saturated heterocycles. The van der Waals surface area contributed by atoms with Crippen molar-refractivity contribution in [2.75, 3.05) is 36.8 Å². The number of urea groups is 3. The summed E-state index contributed by atoms with van der Waals surface area (Å²) in [6.45, 7) is 8.47. The zero-order valence-corrected chi connectivity index (χ0v) is 50.5. The summed E-state index contributed by atoms with van der Waals surface area (Å²) in [6.07, 6.45) is 49.6. The standard InChI is InChI=1S/C63H112N12O5/c1-4-7-10-13-16-19-22-25-28-31-34-42-53-45-48-64-58(68-53)73-63(80)67-51-52(41-39-47-66-62(79)75-60-70-55(50-57(77)72-60)44-36-33-30-27-24-21-18-15-12-9-6-3)40-37-38-46-65-61(78)74-59-69-54(49-56(76)71-59)43-35-32-29-26-23-20-17-14-11-8-5-2/h45,49-50,52H,4-44,46-48,51H2,1-3H3,(H3,64,67,68,73,80)(H3,65,69,71,74,76,78)(H3,66,70,72,75,77,79). The number of guanidine groups is 1. The third kappa shape index (κ3) is 37.7. The van der Waals surface area contributed by atoms with Gasteiger partial charge in [0.2, 0.25) is 17.9 Å². The molecular weight excluding hydrogens is 1000 g/mol. The molecule has 2 aromatic heterocycles. The van der Waals surface area contributed by atoms with Crippen LogP contribution in [0.15, 0.2) is 38.5 Å². The molecule has 0 bridgehead atoms. The van der Waals surface area contributed by atoms with E-state index in [9.17, 15) is 24.0 Å². The van der Waals surface area contributed by atoms with Gasteiger partial charge in [-0.25, -0.2) is 29.3 Å². The molecule has 80 heavy (non-hydrogen) atoms. The number of H-pyrrole nitrogens is 2. The number of carbonyl (C=O) groups is 3. The monoisotopic (exact) mass is 1120 g/mol. The summed E-state index contributed by atoms with van der Waals surface area (Å²) >= 11 is 0. The summed E-state index contributed by atoms with van der Waals surface area (Å²) in [7, 11) is 0. The second-order valence-corrected chi connectivity index (χ2v) is 22.7. The van der Waals surface area contributed by atoms with E-state index >= 15 is 0 Å². The fourth-order valence-corrected chi connectivity index (χ4v) is 10.4. The molecule has 0 aliphatic carbocycles. The molecule has 0 aromatic carbocycles. The number of unbranched alkanes of at least 4 members (excludes halogenated alkanes) is 31. The van der Waals surface area contributed by atoms with Crippen LogP contribution in [0.2, 0.25) is 0 Å². The van der Waals surface area contributed by atoms with Crippen LogP contribution in [0.4, 0.5) is 26.3 Å². The maximum atomic E-state index is 13.2. The summed E-state index contributed by atoms with van der Waals surface area (Å²) in [5.74, 6) is 0.800. The molecule has 9 N–H and O–H groups in total. The Bertz CT molecular complexity index is 2110. The van der Waals surface area contributed by atoms with Crippen molar-refractivity contribution in [3.05, 3.63) is 56.0 Å². The number of carbonyl (C=O) groups excluding carboxylic acids is 3. The van der Waals surface area contributed by atoms with E-state index in [1.807, 2.05) is 0 Å². The van der Waals surface area contributed by atoms with E-state index in [0.29, 0.717) is 69.2 Å². The van der Waals surface area contributed by atoms with Gasteiger partial charge in [-0.3, -0.25) is 35.5 Å². The maximum absolute atomic E-state index is 13.2. The van der Waals surface area contributed by atoms with E-state index < -0.39 is 12.1 Å². The number of aryl methyl sites for hydroxylation is 2. The van der Waals surface area contributed by atoms with Crippen molar-refractivity contribution in [2.45, 2.75) is 284 Å². The number of aliphatic imine (C=N–C) groups is 1. The molecule has 0 saturated carbocycles. The van der Waals surface area contributed by atoms with Crippen molar-refractivity contribution >= 4 is 35.9 Å². The molecule has 0 fully saturated rings. The van der Waals surface area contributed by atoms with Gasteiger partial charge in [-0.1, -0.05) is 220 Å². The fraction of sp³-hybridized carbons (Fsp3) is 0.778. The fourth-order valence-electron chi connectivity index (χ4n) is 10.4. The highest BCUT2D eigenvalue weighted by Crippen LogP contribution is 2.18. The zero-order valence-electron chi connectivity index (χ0n) is 50.5. The van der Waals surface area contributed by atoms with Crippen molar-refractivity contribution in [2.24, 2.45) is 10.9 Å². The molecule has 0 radical (unpaired) electrons. The lowest BCUT2D eigenvalue weighted by Gasteiger charge is -2.20. The molecule has 2 aromatic rings. The number of anilines is 2. The quantitative estimate of drug-likeness (QED) is 0.0288. The predicted molar refractivity (Wildman–Crippen MR) is 332 cm³/mol. The number of allylic oxidation sites excluding steroid dienone is 1. The zero-order chi connectivity index (χ0) is 57.4. The second kappa shape index (κ2) is 47.4. The number of rotatable bonds is 49. The summed E-state index contributed by atoms with van der Waals surface area (Å²) in [6, 6.07) is 1.79. The Hall–Kier alpha value is -5.22. The van der Waals surface area contributed by atoms with Gasteiger partial charge in [-0.2, -0.15) is 0 Å². The third-order valence-corrected chi connectivity index (χ3v) is 15.2. The van der Waals surface area contributed by atoms with Gasteiger partial charge in [-0.15, -0.1) is 0 Å². The minimum absolute atomic E-state index is 0.0831. The molecular formula is C63H112N12O5. The second-order valence-electron chi connectivity index (χ2n) is 22.7. The van der Waals surface area contributed by atoms with E-state index in [4.69, 9.17) is 0 Å². The van der Waals surface area contributed by atoms with E-state index in [1.54, 1.807) is 0 Å². The molecule has 1 aliphatic rings. The first-order valence-corrected chi connectivity index (χ1v) is 32.5. The van der Waals surface area contributed by atoms with Gasteiger partial charge in [0.25, 0.3) is 11.1 Å². The molecule has 1 unspecified atom stereocenters. The molecule has 3 heterocycles. The molecule has 1 aliphatic heterocycles. The number of nitrogens with one attached hydrogen (secondary N) is 9. The maximum Gasteiger partial charge on any atom is 0.321 e. The number of amides is 6. The normalized spacial score (nSPS) is 12.5. The predicted octanol–water partition coefficient (Wildman–Crippen LogP) is 14.9. The van der Waals surface area contributed by atoms with Crippen LogP contribution < -0.4 is 48.3 Å². The van der Waals surface area contributed by atoms with Gasteiger partial charge in [0.15, 0.2) is 0 Å². The Morgan fingerprint density at radius 1 is 0.450 bits per heavy atom. The molecule has 454 valence electrons. The summed E-state index contributed by atoms with van der Waals surface area (Å²) in [4.78, 5) is 82.7. The average Bonchev–Trinajstić information content (AvgIpc) is 3.44. The van der Waals surface area contributed by atoms with E-state index in [0.717, 1.165) is 63.5 Å². The number of nitrogens with zero attached hydrogens (tertiary/aromatic N) is 3. The summed E-state index contributed by atoms with van der Waals surface area (Å²) in [5.41, 5.74) is 1.84. The first-order valence-electron chi connectivity index (χ1n) is 32.5. The van der Waals surface area contributed by atoms with Crippen molar-refractivity contribution in [1.82, 2.24) is 46.5 Å². The highest BCUT2D eigenvalue weighted by molar-refractivity contribution is 5.97. The molecule has 0 spiro atoms. The van der Waals surface area contributed by atoms with E-state index in [-0.39, 0.29) is 35.0 Å². The van der Waals surface area contributed by atoms with Crippen LogP contribution in [-0.4, -0.2) is 70.2 Å². The van der Waals surface area contributed by atoms with Crippen LogP contribution in [0.1, 0.15) is 283 Å². The lowest BCUT2D eigenvalue weighted by atomic mass is 9.96.